The Morgan fingerprint density at radius 1 is 1.08 bits per heavy atom. The van der Waals surface area contributed by atoms with Crippen molar-refractivity contribution in [2.24, 2.45) is 0 Å². The summed E-state index contributed by atoms with van der Waals surface area (Å²) in [5, 5.41) is 19.2. The van der Waals surface area contributed by atoms with Gasteiger partial charge in [0.2, 0.25) is 5.91 Å². The largest absolute Gasteiger partial charge is 0.545 e. The number of carbonyl (C=O) groups is 2. The Bertz CT molecular complexity index is 919. The third-order valence-corrected chi connectivity index (χ3v) is 4.11. The molecule has 25 heavy (non-hydrogen) atoms. The Balaban J connectivity index is 1.76. The first kappa shape index (κ1) is 16.7. The number of hydrogen-bond donors (Lipinski definition) is 2. The van der Waals surface area contributed by atoms with E-state index in [0.29, 0.717) is 10.8 Å². The molecule has 0 aliphatic carbocycles. The second kappa shape index (κ2) is 7.14. The van der Waals surface area contributed by atoms with Crippen LogP contribution in [-0.2, 0) is 4.79 Å². The van der Waals surface area contributed by atoms with Crippen LogP contribution in [0.3, 0.4) is 0 Å². The highest BCUT2D eigenvalue weighted by molar-refractivity contribution is 7.14. The van der Waals surface area contributed by atoms with E-state index in [4.69, 9.17) is 0 Å². The van der Waals surface area contributed by atoms with Crippen molar-refractivity contribution in [3.05, 3.63) is 59.5 Å². The number of carboxylic acids is 1. The fraction of sp³-hybridized carbons (Fsp3) is 0.0556. The molecule has 126 valence electrons. The van der Waals surface area contributed by atoms with Gasteiger partial charge in [0.1, 0.15) is 0 Å². The van der Waals surface area contributed by atoms with E-state index in [0.717, 1.165) is 16.9 Å². The van der Waals surface area contributed by atoms with Crippen molar-refractivity contribution >= 4 is 39.7 Å². The van der Waals surface area contributed by atoms with E-state index in [1.54, 1.807) is 12.1 Å². The van der Waals surface area contributed by atoms with Gasteiger partial charge in [-0.15, -0.1) is 11.3 Å². The van der Waals surface area contributed by atoms with Crippen molar-refractivity contribution in [2.45, 2.75) is 6.92 Å². The molecule has 0 radical (unpaired) electrons. The van der Waals surface area contributed by atoms with E-state index in [1.807, 2.05) is 29.6 Å². The van der Waals surface area contributed by atoms with Crippen LogP contribution < -0.4 is 15.7 Å². The molecule has 6 nitrogen and oxygen atoms in total. The molecule has 0 bridgehead atoms. The first-order valence-electron chi connectivity index (χ1n) is 7.43. The zero-order chi connectivity index (χ0) is 17.8. The molecule has 2 N–H and O–H groups in total. The number of carboxylic acid groups (broad SMARTS) is 1. The second-order valence-electron chi connectivity index (χ2n) is 5.29. The summed E-state index contributed by atoms with van der Waals surface area (Å²) in [5.41, 5.74) is 3.25. The summed E-state index contributed by atoms with van der Waals surface area (Å²) in [4.78, 5) is 26.4. The molecule has 0 saturated carbocycles. The van der Waals surface area contributed by atoms with Crippen LogP contribution in [0.1, 0.15) is 17.3 Å². The van der Waals surface area contributed by atoms with Crippen LogP contribution in [0.5, 0.6) is 0 Å². The van der Waals surface area contributed by atoms with Crippen LogP contribution in [0.4, 0.5) is 16.5 Å². The predicted molar refractivity (Wildman–Crippen MR) is 95.9 cm³/mol. The van der Waals surface area contributed by atoms with E-state index in [-0.39, 0.29) is 11.5 Å². The van der Waals surface area contributed by atoms with Gasteiger partial charge in [-0.3, -0.25) is 4.79 Å². The molecule has 0 fully saturated rings. The standard InChI is InChI=1S/C18H15N3O3S/c1-11(22)19-15-4-2-3-13(9-15)16-10-25-18(21-16)20-14-7-5-12(6-8-14)17(23)24/h2-10H,1H3,(H,19,22)(H,20,21)(H,23,24)/p-1. The van der Waals surface area contributed by atoms with Gasteiger partial charge < -0.3 is 20.5 Å². The van der Waals surface area contributed by atoms with Crippen molar-refractivity contribution < 1.29 is 14.7 Å². The summed E-state index contributed by atoms with van der Waals surface area (Å²) in [5.74, 6) is -1.33. The quantitative estimate of drug-likeness (QED) is 0.736. The van der Waals surface area contributed by atoms with E-state index >= 15 is 0 Å². The Kier molecular flexibility index (Phi) is 4.76. The summed E-state index contributed by atoms with van der Waals surface area (Å²) in [6.45, 7) is 1.46. The lowest BCUT2D eigenvalue weighted by Gasteiger charge is -2.05. The molecular weight excluding hydrogens is 338 g/mol. The number of nitrogens with zero attached hydrogens (tertiary/aromatic N) is 1. The summed E-state index contributed by atoms with van der Waals surface area (Å²) >= 11 is 1.43. The smallest absolute Gasteiger partial charge is 0.221 e. The molecule has 1 heterocycles. The van der Waals surface area contributed by atoms with Crippen LogP contribution >= 0.6 is 11.3 Å². The first-order chi connectivity index (χ1) is 12.0. The molecule has 0 atom stereocenters. The van der Waals surface area contributed by atoms with Crippen molar-refractivity contribution in [1.82, 2.24) is 4.98 Å². The summed E-state index contributed by atoms with van der Waals surface area (Å²) < 4.78 is 0. The van der Waals surface area contributed by atoms with Gasteiger partial charge in [0.15, 0.2) is 5.13 Å². The van der Waals surface area contributed by atoms with Crippen LogP contribution in [0.2, 0.25) is 0 Å². The minimum absolute atomic E-state index is 0.125. The normalized spacial score (nSPS) is 10.3. The third kappa shape index (κ3) is 4.21. The number of anilines is 3. The summed E-state index contributed by atoms with van der Waals surface area (Å²) in [6.07, 6.45) is 0. The van der Waals surface area contributed by atoms with Gasteiger partial charge in [0.05, 0.1) is 11.7 Å². The highest BCUT2D eigenvalue weighted by Crippen LogP contribution is 2.28. The van der Waals surface area contributed by atoms with Gasteiger partial charge in [-0.05, 0) is 29.8 Å². The van der Waals surface area contributed by atoms with Gasteiger partial charge in [0.25, 0.3) is 0 Å². The van der Waals surface area contributed by atoms with Gasteiger partial charge in [-0.1, -0.05) is 24.3 Å². The molecule has 1 amide bonds. The van der Waals surface area contributed by atoms with Gasteiger partial charge in [0, 0.05) is 29.2 Å². The van der Waals surface area contributed by atoms with Crippen molar-refractivity contribution in [1.29, 1.82) is 0 Å². The van der Waals surface area contributed by atoms with Crippen molar-refractivity contribution in [3.8, 4) is 11.3 Å². The number of aromatic carboxylic acids is 1. The van der Waals surface area contributed by atoms with Gasteiger partial charge in [-0.25, -0.2) is 4.98 Å². The maximum atomic E-state index is 11.2. The second-order valence-corrected chi connectivity index (χ2v) is 6.15. The van der Waals surface area contributed by atoms with Crippen molar-refractivity contribution in [2.75, 3.05) is 10.6 Å². The van der Waals surface area contributed by atoms with E-state index in [1.165, 1.54) is 30.4 Å². The molecule has 0 aliphatic rings. The Hall–Kier alpha value is -3.19. The zero-order valence-electron chi connectivity index (χ0n) is 13.3. The monoisotopic (exact) mass is 352 g/mol. The van der Waals surface area contributed by atoms with Crippen LogP contribution in [0.25, 0.3) is 11.3 Å². The van der Waals surface area contributed by atoms with E-state index in [9.17, 15) is 14.7 Å². The number of rotatable bonds is 5. The Labute approximate surface area is 148 Å². The van der Waals surface area contributed by atoms with Crippen molar-refractivity contribution in [3.63, 3.8) is 0 Å². The average molecular weight is 352 g/mol. The molecule has 1 aromatic heterocycles. The number of nitrogens with one attached hydrogen (secondary N) is 2. The fourth-order valence-electron chi connectivity index (χ4n) is 2.24. The lowest BCUT2D eigenvalue weighted by Crippen LogP contribution is -2.21. The molecule has 0 saturated heterocycles. The van der Waals surface area contributed by atoms with Gasteiger partial charge in [-0.2, -0.15) is 0 Å². The number of aromatic nitrogens is 1. The highest BCUT2D eigenvalue weighted by Gasteiger charge is 2.06. The molecule has 0 aliphatic heterocycles. The van der Waals surface area contributed by atoms with E-state index in [2.05, 4.69) is 15.6 Å². The minimum Gasteiger partial charge on any atom is -0.545 e. The number of thiazole rings is 1. The maximum Gasteiger partial charge on any atom is 0.221 e. The molecular formula is C18H14N3O3S-. The summed E-state index contributed by atoms with van der Waals surface area (Å²) in [6, 6.07) is 13.7. The van der Waals surface area contributed by atoms with Crippen LogP contribution in [-0.4, -0.2) is 16.9 Å². The van der Waals surface area contributed by atoms with Gasteiger partial charge >= 0.3 is 0 Å². The van der Waals surface area contributed by atoms with Crippen LogP contribution in [0.15, 0.2) is 53.9 Å². The lowest BCUT2D eigenvalue weighted by molar-refractivity contribution is -0.255. The predicted octanol–water partition coefficient (Wildman–Crippen LogP) is 2.88. The maximum absolute atomic E-state index is 11.2. The molecule has 0 unspecified atom stereocenters. The topological polar surface area (TPSA) is 94.2 Å². The molecule has 7 heteroatoms. The average Bonchev–Trinajstić information content (AvgIpc) is 3.03. The zero-order valence-corrected chi connectivity index (χ0v) is 14.1. The Morgan fingerprint density at radius 2 is 1.84 bits per heavy atom. The number of hydrogen-bond acceptors (Lipinski definition) is 6. The number of amides is 1. The fourth-order valence-corrected chi connectivity index (χ4v) is 2.98. The Morgan fingerprint density at radius 3 is 2.52 bits per heavy atom. The summed E-state index contributed by atoms with van der Waals surface area (Å²) in [7, 11) is 0. The molecule has 0 spiro atoms. The number of carbonyl (C=O) groups excluding carboxylic acids is 2. The lowest BCUT2D eigenvalue weighted by atomic mass is 10.1. The molecule has 3 rings (SSSR count). The van der Waals surface area contributed by atoms with Crippen LogP contribution in [0, 0.1) is 0 Å². The third-order valence-electron chi connectivity index (χ3n) is 3.35. The molecule has 3 aromatic rings. The first-order valence-corrected chi connectivity index (χ1v) is 8.31. The minimum atomic E-state index is -1.21. The highest BCUT2D eigenvalue weighted by atomic mass is 32.1. The number of benzene rings is 2. The van der Waals surface area contributed by atoms with E-state index < -0.39 is 5.97 Å². The SMILES string of the molecule is CC(=O)Nc1cccc(-c2csc(Nc3ccc(C(=O)[O-])cc3)n2)c1. The molecule has 2 aromatic carbocycles.